The minimum absolute atomic E-state index is 0.0348. The van der Waals surface area contributed by atoms with Gasteiger partial charge in [0.25, 0.3) is 5.56 Å². The highest BCUT2D eigenvalue weighted by Crippen LogP contribution is 2.26. The first-order valence-corrected chi connectivity index (χ1v) is 9.78. The quantitative estimate of drug-likeness (QED) is 0.529. The summed E-state index contributed by atoms with van der Waals surface area (Å²) in [7, 11) is 0. The number of fused-ring (bicyclic) bond motifs is 1. The summed E-state index contributed by atoms with van der Waals surface area (Å²) in [6.07, 6.45) is 1.65. The molecule has 0 aliphatic carbocycles. The van der Waals surface area contributed by atoms with Gasteiger partial charge in [0.2, 0.25) is 0 Å². The Morgan fingerprint density at radius 2 is 2.04 bits per heavy atom. The van der Waals surface area contributed by atoms with E-state index in [-0.39, 0.29) is 5.56 Å². The third kappa shape index (κ3) is 3.38. The first-order valence-electron chi connectivity index (χ1n) is 7.75. The molecule has 7 heteroatoms. The van der Waals surface area contributed by atoms with Gasteiger partial charge in [-0.2, -0.15) is 0 Å². The maximum absolute atomic E-state index is 12.3. The minimum atomic E-state index is -0.0348. The third-order valence-corrected chi connectivity index (χ3v) is 5.62. The predicted octanol–water partition coefficient (Wildman–Crippen LogP) is 4.15. The number of thioether (sulfide) groups is 1. The van der Waals surface area contributed by atoms with Crippen LogP contribution in [-0.2, 0) is 11.5 Å². The maximum Gasteiger partial charge on any atom is 0.258 e. The van der Waals surface area contributed by atoms with E-state index in [9.17, 15) is 4.79 Å². The molecule has 0 fully saturated rings. The maximum atomic E-state index is 12.3. The molecule has 0 bridgehead atoms. The van der Waals surface area contributed by atoms with E-state index in [0.29, 0.717) is 11.4 Å². The second-order valence-electron chi connectivity index (χ2n) is 5.56. The first-order chi connectivity index (χ1) is 12.2. The number of aromatic nitrogens is 3. The van der Waals surface area contributed by atoms with Crippen LogP contribution < -0.4 is 5.56 Å². The van der Waals surface area contributed by atoms with Crippen molar-refractivity contribution in [1.29, 1.82) is 0 Å². The van der Waals surface area contributed by atoms with Crippen LogP contribution in [0.4, 0.5) is 0 Å². The van der Waals surface area contributed by atoms with Crippen LogP contribution in [-0.4, -0.2) is 14.4 Å². The van der Waals surface area contributed by atoms with Crippen molar-refractivity contribution >= 4 is 28.7 Å². The summed E-state index contributed by atoms with van der Waals surface area (Å²) < 4.78 is 6.99. The number of pyridine rings is 1. The summed E-state index contributed by atoms with van der Waals surface area (Å²) >= 11 is 3.27. The molecule has 126 valence electrons. The summed E-state index contributed by atoms with van der Waals surface area (Å²) in [5.41, 5.74) is 3.35. The molecule has 0 unspecified atom stereocenters. The van der Waals surface area contributed by atoms with E-state index in [1.807, 2.05) is 42.6 Å². The van der Waals surface area contributed by atoms with Gasteiger partial charge >= 0.3 is 0 Å². The Hall–Kier alpha value is -2.38. The Bertz CT molecular complexity index is 1070. The predicted molar refractivity (Wildman–Crippen MR) is 101 cm³/mol. The molecule has 0 saturated carbocycles. The van der Waals surface area contributed by atoms with Crippen LogP contribution in [0.25, 0.3) is 16.4 Å². The van der Waals surface area contributed by atoms with Gasteiger partial charge in [-0.1, -0.05) is 6.07 Å². The molecular formula is C18H15N3O2S2. The van der Waals surface area contributed by atoms with Crippen molar-refractivity contribution in [2.45, 2.75) is 18.4 Å². The van der Waals surface area contributed by atoms with Crippen molar-refractivity contribution in [3.8, 4) is 10.8 Å². The zero-order chi connectivity index (χ0) is 17.2. The summed E-state index contributed by atoms with van der Waals surface area (Å²) in [5.74, 6) is 2.24. The van der Waals surface area contributed by atoms with E-state index in [4.69, 9.17) is 4.42 Å². The van der Waals surface area contributed by atoms with Crippen molar-refractivity contribution in [3.63, 3.8) is 0 Å². The number of rotatable bonds is 5. The van der Waals surface area contributed by atoms with Gasteiger partial charge in [0.1, 0.15) is 5.65 Å². The highest BCUT2D eigenvalue weighted by atomic mass is 32.2. The van der Waals surface area contributed by atoms with Crippen LogP contribution in [0.15, 0.2) is 57.3 Å². The lowest BCUT2D eigenvalue weighted by Gasteiger charge is -2.06. The lowest BCUT2D eigenvalue weighted by Crippen LogP contribution is -2.17. The Morgan fingerprint density at radius 1 is 1.16 bits per heavy atom. The number of hydrogen-bond donors (Lipinski definition) is 0. The van der Waals surface area contributed by atoms with E-state index in [2.05, 4.69) is 9.97 Å². The van der Waals surface area contributed by atoms with E-state index < -0.39 is 0 Å². The minimum Gasteiger partial charge on any atom is -0.462 e. The molecule has 0 aliphatic heterocycles. The molecule has 4 rings (SSSR count). The summed E-state index contributed by atoms with van der Waals surface area (Å²) in [6.45, 7) is 1.91. The molecule has 0 aliphatic rings. The number of aryl methyl sites for hydroxylation is 1. The lowest BCUT2D eigenvalue weighted by molar-refractivity contribution is 0.581. The fourth-order valence-corrected chi connectivity index (χ4v) is 4.29. The topological polar surface area (TPSA) is 60.4 Å². The highest BCUT2D eigenvalue weighted by Gasteiger charge is 2.08. The Balaban J connectivity index is 1.45. The third-order valence-electron chi connectivity index (χ3n) is 3.72. The number of hydrogen-bond acceptors (Lipinski definition) is 6. The molecular weight excluding hydrogens is 354 g/mol. The molecule has 0 radical (unpaired) electrons. The molecule has 0 amide bonds. The van der Waals surface area contributed by atoms with Crippen molar-refractivity contribution < 1.29 is 4.42 Å². The van der Waals surface area contributed by atoms with Gasteiger partial charge in [0.05, 0.1) is 17.7 Å². The number of nitrogens with zero attached hydrogens (tertiary/aromatic N) is 3. The van der Waals surface area contributed by atoms with Crippen LogP contribution in [0.3, 0.4) is 0 Å². The average molecular weight is 369 g/mol. The Labute approximate surface area is 152 Å². The van der Waals surface area contributed by atoms with Crippen LogP contribution in [0.1, 0.15) is 17.1 Å². The molecule has 4 aromatic heterocycles. The number of furan rings is 1. The Morgan fingerprint density at radius 3 is 2.88 bits per heavy atom. The number of thiazole rings is 1. The van der Waals surface area contributed by atoms with E-state index in [0.717, 1.165) is 33.6 Å². The molecule has 0 aromatic carbocycles. The van der Waals surface area contributed by atoms with Gasteiger partial charge in [-0.05, 0) is 31.2 Å². The van der Waals surface area contributed by atoms with Gasteiger partial charge in [-0.25, -0.2) is 9.97 Å². The summed E-state index contributed by atoms with van der Waals surface area (Å²) in [6, 6.07) is 11.1. The van der Waals surface area contributed by atoms with E-state index >= 15 is 0 Å². The van der Waals surface area contributed by atoms with Crippen molar-refractivity contribution in [1.82, 2.24) is 14.4 Å². The van der Waals surface area contributed by atoms with Crippen LogP contribution in [0.2, 0.25) is 0 Å². The standard InChI is InChI=1S/C18H15N3O2S2/c1-12-4-2-6-16-19-13(8-17(22)21(12)16)9-24-10-14-11-25-18(20-14)15-5-3-7-23-15/h2-8,11H,9-10H2,1H3. The van der Waals surface area contributed by atoms with Crippen molar-refractivity contribution in [3.05, 3.63) is 75.5 Å². The Kier molecular flexibility index (Phi) is 4.42. The van der Waals surface area contributed by atoms with E-state index in [1.54, 1.807) is 39.8 Å². The zero-order valence-corrected chi connectivity index (χ0v) is 15.1. The van der Waals surface area contributed by atoms with Crippen molar-refractivity contribution in [2.75, 3.05) is 0 Å². The highest BCUT2D eigenvalue weighted by molar-refractivity contribution is 7.97. The smallest absolute Gasteiger partial charge is 0.258 e. The molecule has 0 saturated heterocycles. The molecule has 4 heterocycles. The zero-order valence-electron chi connectivity index (χ0n) is 13.5. The fraction of sp³-hybridized carbons (Fsp3) is 0.167. The SMILES string of the molecule is Cc1cccc2nc(CSCc3csc(-c4ccco4)n3)cc(=O)n12. The summed E-state index contributed by atoms with van der Waals surface area (Å²) in [4.78, 5) is 21.4. The largest absolute Gasteiger partial charge is 0.462 e. The van der Waals surface area contributed by atoms with E-state index in [1.165, 1.54) is 0 Å². The molecule has 4 aromatic rings. The molecule has 0 spiro atoms. The molecule has 25 heavy (non-hydrogen) atoms. The van der Waals surface area contributed by atoms with Gasteiger partial charge < -0.3 is 4.42 Å². The molecule has 0 atom stereocenters. The van der Waals surface area contributed by atoms with Gasteiger partial charge in [-0.15, -0.1) is 23.1 Å². The normalized spacial score (nSPS) is 11.2. The van der Waals surface area contributed by atoms with Crippen LogP contribution in [0.5, 0.6) is 0 Å². The van der Waals surface area contributed by atoms with Gasteiger partial charge in [0, 0.05) is 28.6 Å². The lowest BCUT2D eigenvalue weighted by atomic mass is 10.3. The summed E-state index contributed by atoms with van der Waals surface area (Å²) in [5, 5.41) is 2.93. The average Bonchev–Trinajstić information content (AvgIpc) is 3.26. The second kappa shape index (κ2) is 6.85. The van der Waals surface area contributed by atoms with Gasteiger partial charge in [-0.3, -0.25) is 9.20 Å². The fourth-order valence-electron chi connectivity index (χ4n) is 2.58. The van der Waals surface area contributed by atoms with Crippen molar-refractivity contribution in [2.24, 2.45) is 0 Å². The van der Waals surface area contributed by atoms with Gasteiger partial charge in [0.15, 0.2) is 10.8 Å². The monoisotopic (exact) mass is 369 g/mol. The second-order valence-corrected chi connectivity index (χ2v) is 7.40. The molecule has 5 nitrogen and oxygen atoms in total. The molecule has 0 N–H and O–H groups in total. The first kappa shape index (κ1) is 16.1. The van der Waals surface area contributed by atoms with Crippen LogP contribution >= 0.6 is 23.1 Å². The van der Waals surface area contributed by atoms with Crippen LogP contribution in [0, 0.1) is 6.92 Å².